The Kier molecular flexibility index (Phi) is 5.07. The largest absolute Gasteiger partial charge is 0.389 e. The average Bonchev–Trinajstić information content (AvgIpc) is 2.53. The van der Waals surface area contributed by atoms with E-state index in [1.54, 1.807) is 6.07 Å². The molecule has 0 bridgehead atoms. The summed E-state index contributed by atoms with van der Waals surface area (Å²) in [6.07, 6.45) is 1.11. The molecule has 1 atom stereocenters. The van der Waals surface area contributed by atoms with E-state index in [0.717, 1.165) is 26.1 Å². The van der Waals surface area contributed by atoms with Crippen molar-refractivity contribution < 1.29 is 4.39 Å². The lowest BCUT2D eigenvalue weighted by Gasteiger charge is -2.28. The Labute approximate surface area is 125 Å². The van der Waals surface area contributed by atoms with Crippen molar-refractivity contribution in [2.24, 2.45) is 5.73 Å². The Balaban J connectivity index is 2.17. The van der Waals surface area contributed by atoms with Gasteiger partial charge in [-0.2, -0.15) is 0 Å². The zero-order valence-electron chi connectivity index (χ0n) is 12.1. The van der Waals surface area contributed by atoms with Crippen LogP contribution in [0.1, 0.15) is 24.5 Å². The molecule has 1 aliphatic heterocycles. The molecule has 5 heteroatoms. The molecule has 0 radical (unpaired) electrons. The molecule has 1 aromatic carbocycles. The minimum absolute atomic E-state index is 0.119. The minimum Gasteiger partial charge on any atom is -0.389 e. The summed E-state index contributed by atoms with van der Waals surface area (Å²) in [4.78, 5) is 4.77. The molecule has 1 aliphatic rings. The quantitative estimate of drug-likeness (QED) is 0.865. The molecule has 0 saturated carbocycles. The van der Waals surface area contributed by atoms with Gasteiger partial charge in [0, 0.05) is 36.8 Å². The van der Waals surface area contributed by atoms with E-state index < -0.39 is 0 Å². The predicted octanol–water partition coefficient (Wildman–Crippen LogP) is 1.99. The Bertz CT molecular complexity index is 492. The average molecular weight is 295 g/mol. The van der Waals surface area contributed by atoms with Gasteiger partial charge in [-0.15, -0.1) is 0 Å². The molecule has 1 fully saturated rings. The van der Waals surface area contributed by atoms with Crippen LogP contribution in [-0.4, -0.2) is 47.5 Å². The number of thiocarbonyl (C=S) groups is 1. The van der Waals surface area contributed by atoms with Crippen LogP contribution in [0.25, 0.3) is 0 Å². The summed E-state index contributed by atoms with van der Waals surface area (Å²) >= 11 is 4.89. The number of rotatable bonds is 3. The van der Waals surface area contributed by atoms with Crippen LogP contribution in [0, 0.1) is 5.82 Å². The van der Waals surface area contributed by atoms with E-state index >= 15 is 0 Å². The van der Waals surface area contributed by atoms with Gasteiger partial charge in [0.15, 0.2) is 0 Å². The van der Waals surface area contributed by atoms with Crippen LogP contribution in [-0.2, 0) is 6.54 Å². The third-order valence-electron chi connectivity index (χ3n) is 3.90. The molecule has 0 amide bonds. The highest BCUT2D eigenvalue weighted by Gasteiger charge is 2.21. The number of benzene rings is 1. The van der Waals surface area contributed by atoms with Crippen molar-refractivity contribution in [1.29, 1.82) is 0 Å². The maximum absolute atomic E-state index is 14.4. The smallest absolute Gasteiger partial charge is 0.137 e. The van der Waals surface area contributed by atoms with Crippen LogP contribution < -0.4 is 5.73 Å². The molecular weight excluding hydrogens is 273 g/mol. The first-order chi connectivity index (χ1) is 9.49. The van der Waals surface area contributed by atoms with E-state index in [2.05, 4.69) is 23.8 Å². The van der Waals surface area contributed by atoms with E-state index in [4.69, 9.17) is 18.0 Å². The predicted molar refractivity (Wildman–Crippen MR) is 84.3 cm³/mol. The van der Waals surface area contributed by atoms with Crippen molar-refractivity contribution in [3.8, 4) is 0 Å². The maximum atomic E-state index is 14.4. The first kappa shape index (κ1) is 15.4. The highest BCUT2D eigenvalue weighted by atomic mass is 32.1. The molecule has 20 heavy (non-hydrogen) atoms. The van der Waals surface area contributed by atoms with Gasteiger partial charge in [-0.05, 0) is 33.0 Å². The molecule has 2 N–H and O–H groups in total. The van der Waals surface area contributed by atoms with Gasteiger partial charge >= 0.3 is 0 Å². The van der Waals surface area contributed by atoms with Crippen LogP contribution in [0.5, 0.6) is 0 Å². The summed E-state index contributed by atoms with van der Waals surface area (Å²) in [5.41, 5.74) is 6.58. The zero-order chi connectivity index (χ0) is 14.7. The highest BCUT2D eigenvalue weighted by Crippen LogP contribution is 2.18. The Morgan fingerprint density at radius 3 is 2.90 bits per heavy atom. The van der Waals surface area contributed by atoms with Crippen molar-refractivity contribution >= 4 is 17.2 Å². The van der Waals surface area contributed by atoms with Gasteiger partial charge in [0.05, 0.1) is 0 Å². The molecule has 110 valence electrons. The molecule has 2 rings (SSSR count). The number of likely N-dealkylation sites (N-methyl/N-ethyl adjacent to an activating group) is 1. The Hall–Kier alpha value is -1.04. The highest BCUT2D eigenvalue weighted by molar-refractivity contribution is 7.80. The molecule has 0 spiro atoms. The summed E-state index contributed by atoms with van der Waals surface area (Å²) < 4.78 is 14.4. The normalized spacial score (nSPS) is 21.6. The number of halogens is 1. The fourth-order valence-corrected chi connectivity index (χ4v) is 2.93. The van der Waals surface area contributed by atoms with Crippen molar-refractivity contribution in [2.75, 3.05) is 26.7 Å². The number of nitrogens with two attached hydrogens (primary N) is 1. The topological polar surface area (TPSA) is 32.5 Å². The van der Waals surface area contributed by atoms with Gasteiger partial charge in [0.25, 0.3) is 0 Å². The summed E-state index contributed by atoms with van der Waals surface area (Å²) in [6, 6.07) is 5.69. The standard InChI is InChI=1S/C15H22FN3S/c1-11-9-18(2)7-4-8-19(11)10-12-5-3-6-13(14(12)16)15(17)20/h3,5-6,11H,4,7-10H2,1-2H3,(H2,17,20). The van der Waals surface area contributed by atoms with Gasteiger partial charge in [-0.25, -0.2) is 4.39 Å². The lowest BCUT2D eigenvalue weighted by Crippen LogP contribution is -2.37. The number of hydrogen-bond donors (Lipinski definition) is 1. The molecule has 1 aromatic rings. The zero-order valence-corrected chi connectivity index (χ0v) is 12.9. The molecular formula is C15H22FN3S. The third kappa shape index (κ3) is 3.53. The molecule has 1 heterocycles. The maximum Gasteiger partial charge on any atom is 0.137 e. The third-order valence-corrected chi connectivity index (χ3v) is 4.12. The first-order valence-electron chi connectivity index (χ1n) is 6.99. The van der Waals surface area contributed by atoms with Gasteiger partial charge in [0.2, 0.25) is 0 Å². The fourth-order valence-electron chi connectivity index (χ4n) is 2.77. The van der Waals surface area contributed by atoms with Crippen molar-refractivity contribution in [3.05, 3.63) is 35.1 Å². The second-order valence-corrected chi connectivity index (χ2v) is 6.02. The van der Waals surface area contributed by atoms with E-state index in [-0.39, 0.29) is 10.8 Å². The van der Waals surface area contributed by atoms with Crippen molar-refractivity contribution in [3.63, 3.8) is 0 Å². The van der Waals surface area contributed by atoms with E-state index in [1.807, 2.05) is 12.1 Å². The Morgan fingerprint density at radius 2 is 2.20 bits per heavy atom. The molecule has 0 aliphatic carbocycles. The van der Waals surface area contributed by atoms with Crippen LogP contribution in [0.4, 0.5) is 4.39 Å². The van der Waals surface area contributed by atoms with Crippen LogP contribution >= 0.6 is 12.2 Å². The molecule has 3 nitrogen and oxygen atoms in total. The SMILES string of the molecule is CC1CN(C)CCCN1Cc1cccc(C(N)=S)c1F. The lowest BCUT2D eigenvalue weighted by molar-refractivity contribution is 0.192. The summed E-state index contributed by atoms with van der Waals surface area (Å²) in [7, 11) is 2.13. The van der Waals surface area contributed by atoms with Crippen LogP contribution in [0.15, 0.2) is 18.2 Å². The number of nitrogens with zero attached hydrogens (tertiary/aromatic N) is 2. The van der Waals surface area contributed by atoms with Crippen molar-refractivity contribution in [1.82, 2.24) is 9.80 Å². The van der Waals surface area contributed by atoms with E-state index in [1.165, 1.54) is 0 Å². The first-order valence-corrected chi connectivity index (χ1v) is 7.39. The second-order valence-electron chi connectivity index (χ2n) is 5.58. The minimum atomic E-state index is -0.273. The second kappa shape index (κ2) is 6.61. The summed E-state index contributed by atoms with van der Waals surface area (Å²) in [5, 5.41) is 0. The monoisotopic (exact) mass is 295 g/mol. The van der Waals surface area contributed by atoms with Crippen molar-refractivity contribution in [2.45, 2.75) is 25.9 Å². The Morgan fingerprint density at radius 1 is 1.45 bits per heavy atom. The molecule has 1 unspecified atom stereocenters. The number of hydrogen-bond acceptors (Lipinski definition) is 3. The molecule has 0 aromatic heterocycles. The van der Waals surface area contributed by atoms with E-state index in [0.29, 0.717) is 23.7 Å². The van der Waals surface area contributed by atoms with Gasteiger partial charge < -0.3 is 10.6 Å². The van der Waals surface area contributed by atoms with Crippen LogP contribution in [0.3, 0.4) is 0 Å². The fraction of sp³-hybridized carbons (Fsp3) is 0.533. The van der Waals surface area contributed by atoms with Gasteiger partial charge in [-0.3, -0.25) is 4.90 Å². The lowest BCUT2D eigenvalue weighted by atomic mass is 10.1. The van der Waals surface area contributed by atoms with Gasteiger partial charge in [-0.1, -0.05) is 24.4 Å². The summed E-state index contributed by atoms with van der Waals surface area (Å²) in [5.74, 6) is -0.273. The molecule has 1 saturated heterocycles. The van der Waals surface area contributed by atoms with E-state index in [9.17, 15) is 4.39 Å². The van der Waals surface area contributed by atoms with Gasteiger partial charge in [0.1, 0.15) is 10.8 Å². The summed E-state index contributed by atoms with van der Waals surface area (Å²) in [6.45, 7) is 5.89. The van der Waals surface area contributed by atoms with Crippen LogP contribution in [0.2, 0.25) is 0 Å².